The monoisotopic (exact) mass is 232 g/mol. The van der Waals surface area contributed by atoms with Crippen LogP contribution < -0.4 is 10.6 Å². The summed E-state index contributed by atoms with van der Waals surface area (Å²) >= 11 is 0. The Bertz CT molecular complexity index is 396. The summed E-state index contributed by atoms with van der Waals surface area (Å²) in [5.74, 6) is 2.02. The van der Waals surface area contributed by atoms with Gasteiger partial charge in [0.15, 0.2) is 0 Å². The van der Waals surface area contributed by atoms with Crippen molar-refractivity contribution in [3.05, 3.63) is 48.3 Å². The van der Waals surface area contributed by atoms with E-state index in [0.29, 0.717) is 6.04 Å². The van der Waals surface area contributed by atoms with E-state index in [9.17, 15) is 0 Å². The maximum Gasteiger partial charge on any atom is 0.116 e. The number of nitrogens with one attached hydrogen (secondary N) is 2. The second-order valence-electron chi connectivity index (χ2n) is 4.27. The van der Waals surface area contributed by atoms with Gasteiger partial charge in [0.05, 0.1) is 18.4 Å². The summed E-state index contributed by atoms with van der Waals surface area (Å²) in [6.45, 7) is 2.91. The van der Waals surface area contributed by atoms with Gasteiger partial charge in [-0.2, -0.15) is 0 Å². The summed E-state index contributed by atoms with van der Waals surface area (Å²) in [6.07, 6.45) is 3.42. The number of hydrogen-bond acceptors (Lipinski definition) is 4. The van der Waals surface area contributed by atoms with Gasteiger partial charge < -0.3 is 19.5 Å². The van der Waals surface area contributed by atoms with Gasteiger partial charge >= 0.3 is 0 Å². The highest BCUT2D eigenvalue weighted by molar-refractivity contribution is 5.22. The van der Waals surface area contributed by atoms with Gasteiger partial charge in [0.1, 0.15) is 11.5 Å². The molecule has 17 heavy (non-hydrogen) atoms. The summed E-state index contributed by atoms with van der Waals surface area (Å²) in [5.41, 5.74) is 0. The van der Waals surface area contributed by atoms with Crippen molar-refractivity contribution in [2.45, 2.75) is 12.0 Å². The molecule has 2 aromatic rings. The third-order valence-electron chi connectivity index (χ3n) is 3.17. The third-order valence-corrected chi connectivity index (χ3v) is 3.17. The van der Waals surface area contributed by atoms with Crippen LogP contribution in [0.25, 0.3) is 0 Å². The summed E-state index contributed by atoms with van der Waals surface area (Å²) in [5, 5.41) is 6.91. The zero-order valence-corrected chi connectivity index (χ0v) is 9.56. The molecule has 0 spiro atoms. The third kappa shape index (κ3) is 2.14. The van der Waals surface area contributed by atoms with E-state index in [0.717, 1.165) is 31.2 Å². The Morgan fingerprint density at radius 2 is 1.76 bits per heavy atom. The Labute approximate surface area is 100.0 Å². The molecule has 90 valence electrons. The second-order valence-corrected chi connectivity index (χ2v) is 4.27. The zero-order chi connectivity index (χ0) is 11.5. The van der Waals surface area contributed by atoms with Crippen LogP contribution in [0.5, 0.6) is 0 Å². The van der Waals surface area contributed by atoms with Gasteiger partial charge in [-0.1, -0.05) is 0 Å². The maximum atomic E-state index is 5.54. The molecule has 3 heterocycles. The maximum absolute atomic E-state index is 5.54. The number of piperazine rings is 1. The first-order chi connectivity index (χ1) is 8.45. The first-order valence-corrected chi connectivity index (χ1v) is 5.96. The predicted molar refractivity (Wildman–Crippen MR) is 63.9 cm³/mol. The average molecular weight is 232 g/mol. The fourth-order valence-electron chi connectivity index (χ4n) is 2.38. The van der Waals surface area contributed by atoms with Gasteiger partial charge in [0.2, 0.25) is 0 Å². The number of hydrogen-bond donors (Lipinski definition) is 2. The van der Waals surface area contributed by atoms with Crippen molar-refractivity contribution in [3.63, 3.8) is 0 Å². The Morgan fingerprint density at radius 1 is 1.06 bits per heavy atom. The van der Waals surface area contributed by atoms with Crippen LogP contribution in [0.15, 0.2) is 45.6 Å². The lowest BCUT2D eigenvalue weighted by molar-refractivity contribution is 0.324. The Morgan fingerprint density at radius 3 is 2.24 bits per heavy atom. The minimum atomic E-state index is 0.132. The molecule has 0 aromatic carbocycles. The van der Waals surface area contributed by atoms with E-state index in [2.05, 4.69) is 10.6 Å². The average Bonchev–Trinajstić information content (AvgIpc) is 3.04. The Hall–Kier alpha value is -1.52. The van der Waals surface area contributed by atoms with Gasteiger partial charge in [-0.25, -0.2) is 0 Å². The van der Waals surface area contributed by atoms with Crippen LogP contribution in [0.3, 0.4) is 0 Å². The normalized spacial score (nSPS) is 20.9. The first kappa shape index (κ1) is 10.6. The first-order valence-electron chi connectivity index (χ1n) is 5.96. The van der Waals surface area contributed by atoms with Crippen LogP contribution in [0, 0.1) is 0 Å². The van der Waals surface area contributed by atoms with Crippen molar-refractivity contribution < 1.29 is 8.83 Å². The van der Waals surface area contributed by atoms with Crippen molar-refractivity contribution >= 4 is 0 Å². The molecule has 0 saturated carbocycles. The van der Waals surface area contributed by atoms with Gasteiger partial charge in [0, 0.05) is 25.7 Å². The smallest absolute Gasteiger partial charge is 0.116 e. The van der Waals surface area contributed by atoms with Crippen molar-refractivity contribution in [3.8, 4) is 0 Å². The van der Waals surface area contributed by atoms with Crippen molar-refractivity contribution in [1.82, 2.24) is 10.6 Å². The van der Waals surface area contributed by atoms with Gasteiger partial charge in [-0.05, 0) is 24.3 Å². The second kappa shape index (κ2) is 4.77. The molecule has 1 fully saturated rings. The zero-order valence-electron chi connectivity index (χ0n) is 9.56. The lowest BCUT2D eigenvalue weighted by atomic mass is 9.93. The van der Waals surface area contributed by atoms with Crippen LogP contribution in [-0.2, 0) is 0 Å². The van der Waals surface area contributed by atoms with Crippen LogP contribution in [0.2, 0.25) is 0 Å². The molecule has 0 aliphatic carbocycles. The van der Waals surface area contributed by atoms with Crippen LogP contribution >= 0.6 is 0 Å². The highest BCUT2D eigenvalue weighted by Gasteiger charge is 2.30. The molecule has 4 nitrogen and oxygen atoms in total. The van der Waals surface area contributed by atoms with E-state index in [-0.39, 0.29) is 5.92 Å². The van der Waals surface area contributed by atoms with Crippen LogP contribution in [-0.4, -0.2) is 25.7 Å². The largest absolute Gasteiger partial charge is 0.469 e. The van der Waals surface area contributed by atoms with E-state index in [4.69, 9.17) is 8.83 Å². The Balaban J connectivity index is 1.91. The highest BCUT2D eigenvalue weighted by Crippen LogP contribution is 2.29. The quantitative estimate of drug-likeness (QED) is 0.843. The van der Waals surface area contributed by atoms with Gasteiger partial charge in [0.25, 0.3) is 0 Å². The Kier molecular flexibility index (Phi) is 2.98. The topological polar surface area (TPSA) is 50.3 Å². The lowest BCUT2D eigenvalue weighted by Gasteiger charge is -2.29. The van der Waals surface area contributed by atoms with Crippen molar-refractivity contribution in [2.24, 2.45) is 0 Å². The van der Waals surface area contributed by atoms with Crippen LogP contribution in [0.4, 0.5) is 0 Å². The SMILES string of the molecule is c1coc(C(c2ccco2)C2CNCCN2)c1. The molecule has 1 unspecified atom stereocenters. The minimum absolute atomic E-state index is 0.132. The fourth-order valence-corrected chi connectivity index (χ4v) is 2.38. The highest BCUT2D eigenvalue weighted by atomic mass is 16.3. The van der Waals surface area contributed by atoms with E-state index in [1.54, 1.807) is 12.5 Å². The number of furan rings is 2. The summed E-state index contributed by atoms with van der Waals surface area (Å²) < 4.78 is 11.1. The molecule has 1 saturated heterocycles. The lowest BCUT2D eigenvalue weighted by Crippen LogP contribution is -2.51. The van der Waals surface area contributed by atoms with Gasteiger partial charge in [-0.15, -0.1) is 0 Å². The summed E-state index contributed by atoms with van der Waals surface area (Å²) in [7, 11) is 0. The molecular formula is C13H16N2O2. The minimum Gasteiger partial charge on any atom is -0.469 e. The summed E-state index contributed by atoms with van der Waals surface area (Å²) in [4.78, 5) is 0. The molecule has 1 aliphatic rings. The molecule has 4 heteroatoms. The molecular weight excluding hydrogens is 216 g/mol. The van der Waals surface area contributed by atoms with Crippen molar-refractivity contribution in [2.75, 3.05) is 19.6 Å². The number of rotatable bonds is 3. The van der Waals surface area contributed by atoms with Gasteiger partial charge in [-0.3, -0.25) is 0 Å². The predicted octanol–water partition coefficient (Wildman–Crippen LogP) is 1.57. The summed E-state index contributed by atoms with van der Waals surface area (Å²) in [6, 6.07) is 8.15. The van der Waals surface area contributed by atoms with Crippen molar-refractivity contribution in [1.29, 1.82) is 0 Å². The standard InChI is InChI=1S/C13H16N2O2/c1-3-11(16-7-1)13(12-4-2-8-17-12)10-9-14-5-6-15-10/h1-4,7-8,10,13-15H,5-6,9H2. The van der Waals surface area contributed by atoms with Crippen LogP contribution in [0.1, 0.15) is 17.4 Å². The molecule has 2 N–H and O–H groups in total. The molecule has 3 rings (SSSR count). The van der Waals surface area contributed by atoms with E-state index >= 15 is 0 Å². The van der Waals surface area contributed by atoms with E-state index < -0.39 is 0 Å². The molecule has 0 bridgehead atoms. The molecule has 1 aliphatic heterocycles. The van der Waals surface area contributed by atoms with E-state index in [1.807, 2.05) is 24.3 Å². The molecule has 2 aromatic heterocycles. The molecule has 1 atom stereocenters. The molecule has 0 radical (unpaired) electrons. The molecule has 0 amide bonds. The van der Waals surface area contributed by atoms with E-state index in [1.165, 1.54) is 0 Å². The fraction of sp³-hybridized carbons (Fsp3) is 0.385.